The molecule has 3 nitrogen and oxygen atoms in total. The fourth-order valence-electron chi connectivity index (χ4n) is 2.01. The first-order valence-corrected chi connectivity index (χ1v) is 7.01. The Bertz CT molecular complexity index is 477. The van der Waals surface area contributed by atoms with Crippen LogP contribution < -0.4 is 5.32 Å². The maximum absolute atomic E-state index is 11.9. The molecule has 0 aliphatic heterocycles. The van der Waals surface area contributed by atoms with Crippen molar-refractivity contribution in [1.29, 1.82) is 0 Å². The summed E-state index contributed by atoms with van der Waals surface area (Å²) < 4.78 is 0. The van der Waals surface area contributed by atoms with Gasteiger partial charge in [-0.25, -0.2) is 0 Å². The van der Waals surface area contributed by atoms with Crippen LogP contribution in [-0.4, -0.2) is 23.7 Å². The lowest BCUT2D eigenvalue weighted by atomic mass is 9.82. The lowest BCUT2D eigenvalue weighted by molar-refractivity contribution is 0.0900. The third-order valence-corrected chi connectivity index (χ3v) is 3.99. The van der Waals surface area contributed by atoms with E-state index in [0.29, 0.717) is 17.3 Å². The number of carbonyl (C=O) groups is 1. The van der Waals surface area contributed by atoms with Gasteiger partial charge in [-0.15, -0.1) is 11.3 Å². The molecule has 0 saturated heterocycles. The molecule has 1 fully saturated rings. The number of carbonyl (C=O) groups excluding carboxylic acids is 1. The van der Waals surface area contributed by atoms with E-state index in [4.69, 9.17) is 5.11 Å². The van der Waals surface area contributed by atoms with E-state index in [1.54, 1.807) is 0 Å². The number of aliphatic hydroxyl groups excluding tert-OH is 1. The van der Waals surface area contributed by atoms with Gasteiger partial charge in [0, 0.05) is 12.5 Å². The van der Waals surface area contributed by atoms with E-state index in [9.17, 15) is 4.79 Å². The van der Waals surface area contributed by atoms with E-state index in [2.05, 4.69) is 24.1 Å². The van der Waals surface area contributed by atoms with Crippen LogP contribution in [0.5, 0.6) is 0 Å². The lowest BCUT2D eigenvalue weighted by Crippen LogP contribution is -2.43. The number of thiophene rings is 1. The summed E-state index contributed by atoms with van der Waals surface area (Å²) in [4.78, 5) is 13.5. The molecule has 0 aromatic carbocycles. The van der Waals surface area contributed by atoms with Gasteiger partial charge in [0.2, 0.25) is 0 Å². The van der Waals surface area contributed by atoms with Crippen molar-refractivity contribution < 1.29 is 9.90 Å². The second-order valence-electron chi connectivity index (χ2n) is 4.69. The Morgan fingerprint density at radius 2 is 2.33 bits per heavy atom. The Hall–Kier alpha value is -1.31. The van der Waals surface area contributed by atoms with Crippen molar-refractivity contribution in [3.63, 3.8) is 0 Å². The monoisotopic (exact) mass is 263 g/mol. The zero-order valence-corrected chi connectivity index (χ0v) is 11.2. The van der Waals surface area contributed by atoms with E-state index in [0.717, 1.165) is 23.6 Å². The highest BCUT2D eigenvalue weighted by molar-refractivity contribution is 7.14. The number of nitrogens with one attached hydrogen (secondary N) is 1. The normalized spacial score (nSPS) is 21.7. The van der Waals surface area contributed by atoms with Crippen LogP contribution >= 0.6 is 11.3 Å². The number of rotatable bonds is 3. The van der Waals surface area contributed by atoms with Crippen molar-refractivity contribution in [2.75, 3.05) is 6.61 Å². The number of amides is 1. The van der Waals surface area contributed by atoms with Gasteiger partial charge in [-0.3, -0.25) is 4.79 Å². The third kappa shape index (κ3) is 3.34. The first-order chi connectivity index (χ1) is 8.69. The average Bonchev–Trinajstić information content (AvgIpc) is 2.76. The van der Waals surface area contributed by atoms with Crippen LogP contribution in [0.4, 0.5) is 0 Å². The summed E-state index contributed by atoms with van der Waals surface area (Å²) in [5.74, 6) is 6.53. The molecule has 1 aromatic heterocycles. The van der Waals surface area contributed by atoms with Crippen LogP contribution in [0.25, 0.3) is 0 Å². The molecule has 1 aliphatic rings. The SMILES string of the molecule is CC1CC(NC(=O)c2ccc(C#CCCO)s2)C1. The lowest BCUT2D eigenvalue weighted by Gasteiger charge is -2.33. The smallest absolute Gasteiger partial charge is 0.261 e. The molecule has 4 heteroatoms. The molecule has 96 valence electrons. The standard InChI is InChI=1S/C14H17NO2S/c1-10-8-11(9-10)15-14(17)13-6-5-12(18-13)4-2-3-7-16/h5-6,10-11,16H,3,7-9H2,1H3,(H,15,17). The first kappa shape index (κ1) is 13.1. The van der Waals surface area contributed by atoms with E-state index in [-0.39, 0.29) is 12.5 Å². The summed E-state index contributed by atoms with van der Waals surface area (Å²) in [6.45, 7) is 2.27. The molecule has 1 saturated carbocycles. The number of hydrogen-bond acceptors (Lipinski definition) is 3. The highest BCUT2D eigenvalue weighted by Crippen LogP contribution is 2.27. The zero-order valence-electron chi connectivity index (χ0n) is 10.4. The molecule has 1 aliphatic carbocycles. The molecule has 0 spiro atoms. The zero-order chi connectivity index (χ0) is 13.0. The third-order valence-electron chi connectivity index (χ3n) is 2.99. The Labute approximate surface area is 111 Å². The first-order valence-electron chi connectivity index (χ1n) is 6.19. The molecule has 0 bridgehead atoms. The molecule has 1 heterocycles. The Kier molecular flexibility index (Phi) is 4.40. The van der Waals surface area contributed by atoms with Gasteiger partial charge in [-0.2, -0.15) is 0 Å². The van der Waals surface area contributed by atoms with Crippen molar-refractivity contribution in [3.05, 3.63) is 21.9 Å². The Morgan fingerprint density at radius 1 is 1.56 bits per heavy atom. The van der Waals surface area contributed by atoms with Gasteiger partial charge in [0.05, 0.1) is 16.4 Å². The van der Waals surface area contributed by atoms with Crippen LogP contribution in [0.3, 0.4) is 0 Å². The van der Waals surface area contributed by atoms with E-state index in [1.807, 2.05) is 12.1 Å². The van der Waals surface area contributed by atoms with Crippen LogP contribution in [0.15, 0.2) is 12.1 Å². The molecule has 0 unspecified atom stereocenters. The van der Waals surface area contributed by atoms with Gasteiger partial charge < -0.3 is 10.4 Å². The molecule has 0 atom stereocenters. The highest BCUT2D eigenvalue weighted by atomic mass is 32.1. The highest BCUT2D eigenvalue weighted by Gasteiger charge is 2.27. The van der Waals surface area contributed by atoms with Crippen molar-refractivity contribution in [2.24, 2.45) is 5.92 Å². The maximum atomic E-state index is 11.9. The minimum atomic E-state index is 0.00658. The van der Waals surface area contributed by atoms with Gasteiger partial charge in [-0.1, -0.05) is 18.8 Å². The maximum Gasteiger partial charge on any atom is 0.261 e. The van der Waals surface area contributed by atoms with Crippen LogP contribution in [0, 0.1) is 17.8 Å². The molecule has 1 aromatic rings. The second kappa shape index (κ2) is 6.03. The van der Waals surface area contributed by atoms with Gasteiger partial charge in [0.1, 0.15) is 0 Å². The van der Waals surface area contributed by atoms with Gasteiger partial charge >= 0.3 is 0 Å². The van der Waals surface area contributed by atoms with Crippen molar-refractivity contribution in [2.45, 2.75) is 32.2 Å². The molecule has 2 N–H and O–H groups in total. The van der Waals surface area contributed by atoms with Crippen LogP contribution in [0.2, 0.25) is 0 Å². The van der Waals surface area contributed by atoms with Crippen LogP contribution in [0.1, 0.15) is 40.7 Å². The second-order valence-corrected chi connectivity index (χ2v) is 5.77. The molecular formula is C14H17NO2S. The summed E-state index contributed by atoms with van der Waals surface area (Å²) >= 11 is 1.40. The van der Waals surface area contributed by atoms with E-state index < -0.39 is 0 Å². The average molecular weight is 263 g/mol. The van der Waals surface area contributed by atoms with Gasteiger partial charge in [-0.05, 0) is 30.9 Å². The minimum Gasteiger partial charge on any atom is -0.395 e. The van der Waals surface area contributed by atoms with E-state index >= 15 is 0 Å². The molecule has 2 rings (SSSR count). The summed E-state index contributed by atoms with van der Waals surface area (Å²) in [7, 11) is 0. The molecule has 0 radical (unpaired) electrons. The fraction of sp³-hybridized carbons (Fsp3) is 0.500. The van der Waals surface area contributed by atoms with Gasteiger partial charge in [0.15, 0.2) is 0 Å². The topological polar surface area (TPSA) is 49.3 Å². The molecule has 1 amide bonds. The quantitative estimate of drug-likeness (QED) is 0.820. The summed E-state index contributed by atoms with van der Waals surface area (Å²) in [5, 5.41) is 11.7. The summed E-state index contributed by atoms with van der Waals surface area (Å²) in [6.07, 6.45) is 2.64. The van der Waals surface area contributed by atoms with Crippen molar-refractivity contribution in [3.8, 4) is 11.8 Å². The Balaban J connectivity index is 1.89. The minimum absolute atomic E-state index is 0.00658. The molecule has 18 heavy (non-hydrogen) atoms. The Morgan fingerprint density at radius 3 is 3.00 bits per heavy atom. The predicted molar refractivity (Wildman–Crippen MR) is 72.6 cm³/mol. The van der Waals surface area contributed by atoms with Gasteiger partial charge in [0.25, 0.3) is 5.91 Å². The fourth-order valence-corrected chi connectivity index (χ4v) is 2.79. The number of hydrogen-bond donors (Lipinski definition) is 2. The summed E-state index contributed by atoms with van der Waals surface area (Å²) in [6, 6.07) is 4.01. The van der Waals surface area contributed by atoms with Crippen molar-refractivity contribution in [1.82, 2.24) is 5.32 Å². The van der Waals surface area contributed by atoms with Crippen molar-refractivity contribution >= 4 is 17.2 Å². The van der Waals surface area contributed by atoms with Crippen LogP contribution in [-0.2, 0) is 0 Å². The molecular weight excluding hydrogens is 246 g/mol. The summed E-state index contributed by atoms with van der Waals surface area (Å²) in [5.41, 5.74) is 0. The number of aliphatic hydroxyl groups is 1. The largest absolute Gasteiger partial charge is 0.395 e. The predicted octanol–water partition coefficient (Wildman–Crippen LogP) is 2.01. The van der Waals surface area contributed by atoms with E-state index in [1.165, 1.54) is 11.3 Å².